The van der Waals surface area contributed by atoms with Crippen LogP contribution in [0.3, 0.4) is 0 Å². The summed E-state index contributed by atoms with van der Waals surface area (Å²) in [5, 5.41) is 0.955. The molecule has 0 unspecified atom stereocenters. The molecule has 3 aromatic rings. The highest BCUT2D eigenvalue weighted by Gasteiger charge is 2.23. The first-order valence-electron chi connectivity index (χ1n) is 9.01. The summed E-state index contributed by atoms with van der Waals surface area (Å²) in [5.41, 5.74) is 2.66. The summed E-state index contributed by atoms with van der Waals surface area (Å²) >= 11 is 0. The van der Waals surface area contributed by atoms with Gasteiger partial charge in [0.25, 0.3) is 5.91 Å². The monoisotopic (exact) mass is 350 g/mol. The third-order valence-corrected chi connectivity index (χ3v) is 4.73. The quantitative estimate of drug-likeness (QED) is 0.719. The van der Waals surface area contributed by atoms with Crippen LogP contribution in [0.25, 0.3) is 10.9 Å². The fourth-order valence-corrected chi connectivity index (χ4v) is 3.34. The summed E-state index contributed by atoms with van der Waals surface area (Å²) in [5.74, 6) is 1.53. The van der Waals surface area contributed by atoms with Gasteiger partial charge < -0.3 is 19.4 Å². The Kier molecular flexibility index (Phi) is 4.52. The lowest BCUT2D eigenvalue weighted by Crippen LogP contribution is -2.31. The Labute approximate surface area is 152 Å². The van der Waals surface area contributed by atoms with Gasteiger partial charge in [0.05, 0.1) is 5.56 Å². The van der Waals surface area contributed by atoms with Crippen molar-refractivity contribution < 1.29 is 14.3 Å². The Morgan fingerprint density at radius 2 is 2.04 bits per heavy atom. The Morgan fingerprint density at radius 3 is 2.92 bits per heavy atom. The van der Waals surface area contributed by atoms with Crippen molar-refractivity contribution in [1.29, 1.82) is 0 Å². The van der Waals surface area contributed by atoms with E-state index in [4.69, 9.17) is 9.47 Å². The van der Waals surface area contributed by atoms with E-state index in [1.807, 2.05) is 47.4 Å². The molecule has 1 amide bonds. The highest BCUT2D eigenvalue weighted by molar-refractivity contribution is 6.06. The van der Waals surface area contributed by atoms with Crippen molar-refractivity contribution in [3.63, 3.8) is 0 Å². The number of rotatable bonds is 6. The van der Waals surface area contributed by atoms with Gasteiger partial charge in [0.15, 0.2) is 11.5 Å². The number of nitrogens with zero attached hydrogens (tertiary/aromatic N) is 1. The standard InChI is InChI=1S/C21H22N2O3/c1-2-3-11-23(13-15-7-6-10-19-20(15)26-14-25-19)21(24)17-12-22-18-9-5-4-8-16(17)18/h4-10,12,22H,2-3,11,13-14H2,1H3. The van der Waals surface area contributed by atoms with E-state index in [2.05, 4.69) is 11.9 Å². The molecule has 4 rings (SSSR count). The maximum Gasteiger partial charge on any atom is 0.256 e. The first-order chi connectivity index (χ1) is 12.8. The van der Waals surface area contributed by atoms with Gasteiger partial charge in [-0.2, -0.15) is 0 Å². The number of carbonyl (C=O) groups excluding carboxylic acids is 1. The largest absolute Gasteiger partial charge is 0.454 e. The molecule has 0 aliphatic carbocycles. The van der Waals surface area contributed by atoms with E-state index in [1.54, 1.807) is 6.20 Å². The summed E-state index contributed by atoms with van der Waals surface area (Å²) in [6.07, 6.45) is 3.80. The van der Waals surface area contributed by atoms with Crippen LogP contribution in [0.4, 0.5) is 0 Å². The number of unbranched alkanes of at least 4 members (excludes halogenated alkanes) is 1. The minimum atomic E-state index is 0.0346. The maximum atomic E-state index is 13.3. The molecule has 1 aromatic heterocycles. The topological polar surface area (TPSA) is 54.6 Å². The Balaban J connectivity index is 1.65. The minimum Gasteiger partial charge on any atom is -0.454 e. The molecule has 1 aliphatic heterocycles. The normalized spacial score (nSPS) is 12.5. The summed E-state index contributed by atoms with van der Waals surface area (Å²) in [7, 11) is 0. The predicted molar refractivity (Wildman–Crippen MR) is 101 cm³/mol. The molecule has 0 atom stereocenters. The zero-order chi connectivity index (χ0) is 17.9. The first kappa shape index (κ1) is 16.5. The number of carbonyl (C=O) groups is 1. The second-order valence-electron chi connectivity index (χ2n) is 6.48. The van der Waals surface area contributed by atoms with Crippen LogP contribution in [0.2, 0.25) is 0 Å². The van der Waals surface area contributed by atoms with E-state index in [0.717, 1.165) is 40.8 Å². The van der Waals surface area contributed by atoms with Crippen molar-refractivity contribution >= 4 is 16.8 Å². The van der Waals surface area contributed by atoms with Gasteiger partial charge in [0.1, 0.15) is 0 Å². The lowest BCUT2D eigenvalue weighted by Gasteiger charge is -2.23. The van der Waals surface area contributed by atoms with E-state index < -0.39 is 0 Å². The van der Waals surface area contributed by atoms with Gasteiger partial charge in [-0.1, -0.05) is 43.7 Å². The Morgan fingerprint density at radius 1 is 1.15 bits per heavy atom. The SMILES string of the molecule is CCCCN(Cc1cccc2c1OCO2)C(=O)c1c[nH]c2ccccc12. The molecular weight excluding hydrogens is 328 g/mol. The number of ether oxygens (including phenoxy) is 2. The maximum absolute atomic E-state index is 13.3. The lowest BCUT2D eigenvalue weighted by molar-refractivity contribution is 0.0741. The van der Waals surface area contributed by atoms with Crippen LogP contribution in [-0.2, 0) is 6.54 Å². The average molecular weight is 350 g/mol. The van der Waals surface area contributed by atoms with Crippen molar-refractivity contribution in [3.05, 3.63) is 59.8 Å². The van der Waals surface area contributed by atoms with Gasteiger partial charge in [-0.3, -0.25) is 4.79 Å². The Bertz CT molecular complexity index is 932. The van der Waals surface area contributed by atoms with Gasteiger partial charge >= 0.3 is 0 Å². The summed E-state index contributed by atoms with van der Waals surface area (Å²) in [6.45, 7) is 3.58. The fourth-order valence-electron chi connectivity index (χ4n) is 3.34. The van der Waals surface area contributed by atoms with Gasteiger partial charge in [-0.25, -0.2) is 0 Å². The highest BCUT2D eigenvalue weighted by atomic mass is 16.7. The molecule has 1 N–H and O–H groups in total. The Hall–Kier alpha value is -2.95. The van der Waals surface area contributed by atoms with Crippen LogP contribution in [0, 0.1) is 0 Å². The molecule has 1 aliphatic rings. The number of H-pyrrole nitrogens is 1. The van der Waals surface area contributed by atoms with Crippen LogP contribution in [0.1, 0.15) is 35.7 Å². The number of benzene rings is 2. The third kappa shape index (κ3) is 3.01. The number of aromatic nitrogens is 1. The molecule has 0 saturated heterocycles. The highest BCUT2D eigenvalue weighted by Crippen LogP contribution is 2.36. The van der Waals surface area contributed by atoms with E-state index in [1.165, 1.54) is 0 Å². The van der Waals surface area contributed by atoms with E-state index in [0.29, 0.717) is 18.7 Å². The molecule has 134 valence electrons. The van der Waals surface area contributed by atoms with Gasteiger partial charge in [0, 0.05) is 35.8 Å². The van der Waals surface area contributed by atoms with Crippen molar-refractivity contribution in [3.8, 4) is 11.5 Å². The van der Waals surface area contributed by atoms with Crippen LogP contribution >= 0.6 is 0 Å². The number of aromatic amines is 1. The van der Waals surface area contributed by atoms with Gasteiger partial charge in [-0.15, -0.1) is 0 Å². The van der Waals surface area contributed by atoms with E-state index in [9.17, 15) is 4.79 Å². The molecule has 2 aromatic carbocycles. The van der Waals surface area contributed by atoms with Gasteiger partial charge in [-0.05, 0) is 18.6 Å². The number of hydrogen-bond donors (Lipinski definition) is 1. The first-order valence-corrected chi connectivity index (χ1v) is 9.01. The number of amides is 1. The molecule has 0 bridgehead atoms. The van der Waals surface area contributed by atoms with E-state index >= 15 is 0 Å². The van der Waals surface area contributed by atoms with Crippen LogP contribution in [0.15, 0.2) is 48.7 Å². The number of hydrogen-bond acceptors (Lipinski definition) is 3. The molecule has 0 saturated carbocycles. The van der Waals surface area contributed by atoms with Crippen molar-refractivity contribution in [2.45, 2.75) is 26.3 Å². The molecule has 5 nitrogen and oxygen atoms in total. The molecule has 26 heavy (non-hydrogen) atoms. The minimum absolute atomic E-state index is 0.0346. The molecule has 2 heterocycles. The predicted octanol–water partition coefficient (Wildman–Crippen LogP) is 4.34. The van der Waals surface area contributed by atoms with Crippen LogP contribution in [-0.4, -0.2) is 29.1 Å². The van der Waals surface area contributed by atoms with Crippen molar-refractivity contribution in [2.24, 2.45) is 0 Å². The molecule has 0 spiro atoms. The second-order valence-corrected chi connectivity index (χ2v) is 6.48. The fraction of sp³-hybridized carbons (Fsp3) is 0.286. The zero-order valence-corrected chi connectivity index (χ0v) is 14.8. The lowest BCUT2D eigenvalue weighted by atomic mass is 10.1. The molecule has 0 fully saturated rings. The van der Waals surface area contributed by atoms with E-state index in [-0.39, 0.29) is 12.7 Å². The third-order valence-electron chi connectivity index (χ3n) is 4.73. The van der Waals surface area contributed by atoms with Crippen molar-refractivity contribution in [2.75, 3.05) is 13.3 Å². The molecular formula is C21H22N2O3. The smallest absolute Gasteiger partial charge is 0.256 e. The number of para-hydroxylation sites is 2. The number of nitrogens with one attached hydrogen (secondary N) is 1. The average Bonchev–Trinajstić information content (AvgIpc) is 3.31. The molecule has 0 radical (unpaired) electrons. The second kappa shape index (κ2) is 7.12. The summed E-state index contributed by atoms with van der Waals surface area (Å²) in [6, 6.07) is 13.7. The number of fused-ring (bicyclic) bond motifs is 2. The summed E-state index contributed by atoms with van der Waals surface area (Å²) in [4.78, 5) is 18.4. The van der Waals surface area contributed by atoms with Gasteiger partial charge in [0.2, 0.25) is 6.79 Å². The van der Waals surface area contributed by atoms with Crippen LogP contribution < -0.4 is 9.47 Å². The van der Waals surface area contributed by atoms with Crippen molar-refractivity contribution in [1.82, 2.24) is 9.88 Å². The summed E-state index contributed by atoms with van der Waals surface area (Å²) < 4.78 is 11.1. The molecule has 5 heteroatoms. The van der Waals surface area contributed by atoms with Crippen LogP contribution in [0.5, 0.6) is 11.5 Å². The zero-order valence-electron chi connectivity index (χ0n) is 14.8.